The van der Waals surface area contributed by atoms with Gasteiger partial charge < -0.3 is 13.9 Å². The van der Waals surface area contributed by atoms with Gasteiger partial charge in [-0.25, -0.2) is 0 Å². The lowest BCUT2D eigenvalue weighted by molar-refractivity contribution is -0.139. The van der Waals surface area contributed by atoms with Gasteiger partial charge in [0, 0.05) is 43.4 Å². The molecule has 3 aromatic carbocycles. The Morgan fingerprint density at radius 3 is 2.75 bits per heavy atom. The third-order valence-electron chi connectivity index (χ3n) is 7.02. The van der Waals surface area contributed by atoms with E-state index in [0.717, 1.165) is 67.1 Å². The maximum Gasteiger partial charge on any atom is 0.309 e. The molecule has 5 rings (SSSR count). The molecule has 0 radical (unpaired) electrons. The van der Waals surface area contributed by atoms with Gasteiger partial charge in [0.2, 0.25) is 0 Å². The highest BCUT2D eigenvalue weighted by Gasteiger charge is 2.20. The van der Waals surface area contributed by atoms with E-state index in [9.17, 15) is 4.79 Å². The highest BCUT2D eigenvalue weighted by atomic mass is 16.5. The Balaban J connectivity index is 1.32. The maximum absolute atomic E-state index is 11.7. The van der Waals surface area contributed by atoms with E-state index < -0.39 is 0 Å². The zero-order chi connectivity index (χ0) is 24.9. The molecule has 0 saturated carbocycles. The fourth-order valence-corrected chi connectivity index (χ4v) is 5.08. The van der Waals surface area contributed by atoms with Crippen molar-refractivity contribution in [3.05, 3.63) is 101 Å². The SMILES string of the molecule is COC(=O)Cc1ccc2oc(CCN(Cc3cccc4c3CCO4)C[C@@H](C)c3ccccc3)cc2c1. The van der Waals surface area contributed by atoms with Crippen LogP contribution >= 0.6 is 0 Å². The average Bonchev–Trinajstić information content (AvgIpc) is 3.54. The number of furan rings is 1. The minimum Gasteiger partial charge on any atom is -0.493 e. The van der Waals surface area contributed by atoms with Crippen molar-refractivity contribution >= 4 is 16.9 Å². The zero-order valence-electron chi connectivity index (χ0n) is 21.0. The molecule has 186 valence electrons. The summed E-state index contributed by atoms with van der Waals surface area (Å²) >= 11 is 0. The number of carbonyl (C=O) groups is 1. The molecular formula is C31H33NO4. The summed E-state index contributed by atoms with van der Waals surface area (Å²) in [4.78, 5) is 14.2. The van der Waals surface area contributed by atoms with E-state index in [0.29, 0.717) is 5.92 Å². The summed E-state index contributed by atoms with van der Waals surface area (Å²) in [6.45, 7) is 5.79. The first-order chi connectivity index (χ1) is 17.6. The fourth-order valence-electron chi connectivity index (χ4n) is 5.08. The van der Waals surface area contributed by atoms with Gasteiger partial charge in [0.1, 0.15) is 17.1 Å². The molecule has 36 heavy (non-hydrogen) atoms. The summed E-state index contributed by atoms with van der Waals surface area (Å²) in [5, 5.41) is 1.02. The van der Waals surface area contributed by atoms with E-state index in [-0.39, 0.29) is 12.4 Å². The van der Waals surface area contributed by atoms with Gasteiger partial charge in [0.25, 0.3) is 0 Å². The van der Waals surface area contributed by atoms with Crippen LogP contribution in [0.4, 0.5) is 0 Å². The van der Waals surface area contributed by atoms with Crippen molar-refractivity contribution in [3.8, 4) is 5.75 Å². The van der Waals surface area contributed by atoms with Crippen molar-refractivity contribution in [2.45, 2.75) is 38.6 Å². The van der Waals surface area contributed by atoms with Crippen molar-refractivity contribution in [1.82, 2.24) is 4.90 Å². The molecule has 1 aliphatic rings. The lowest BCUT2D eigenvalue weighted by atomic mass is 9.99. The number of rotatable bonds is 10. The first kappa shape index (κ1) is 24.1. The Morgan fingerprint density at radius 1 is 1.06 bits per heavy atom. The van der Waals surface area contributed by atoms with Crippen LogP contribution in [0.25, 0.3) is 11.0 Å². The van der Waals surface area contributed by atoms with Gasteiger partial charge in [-0.3, -0.25) is 9.69 Å². The monoisotopic (exact) mass is 483 g/mol. The van der Waals surface area contributed by atoms with E-state index in [4.69, 9.17) is 13.9 Å². The first-order valence-electron chi connectivity index (χ1n) is 12.7. The summed E-state index contributed by atoms with van der Waals surface area (Å²) in [5.74, 6) is 2.16. The van der Waals surface area contributed by atoms with Crippen LogP contribution in [0.2, 0.25) is 0 Å². The number of esters is 1. The maximum atomic E-state index is 11.7. The van der Waals surface area contributed by atoms with Crippen molar-refractivity contribution in [1.29, 1.82) is 0 Å². The first-order valence-corrected chi connectivity index (χ1v) is 12.7. The summed E-state index contributed by atoms with van der Waals surface area (Å²) < 4.78 is 16.8. The summed E-state index contributed by atoms with van der Waals surface area (Å²) in [6, 6.07) is 25.1. The van der Waals surface area contributed by atoms with Crippen LogP contribution in [-0.4, -0.2) is 37.7 Å². The van der Waals surface area contributed by atoms with E-state index in [2.05, 4.69) is 66.4 Å². The van der Waals surface area contributed by atoms with Gasteiger partial charge in [-0.15, -0.1) is 0 Å². The number of benzene rings is 3. The summed E-state index contributed by atoms with van der Waals surface area (Å²) in [6.07, 6.45) is 2.06. The molecule has 1 aromatic heterocycles. The third kappa shape index (κ3) is 5.63. The molecule has 0 N–H and O–H groups in total. The molecule has 0 fully saturated rings. The molecule has 5 nitrogen and oxygen atoms in total. The number of ether oxygens (including phenoxy) is 2. The Morgan fingerprint density at radius 2 is 1.92 bits per heavy atom. The molecule has 0 spiro atoms. The Labute approximate surface area is 212 Å². The van der Waals surface area contributed by atoms with Crippen LogP contribution in [-0.2, 0) is 35.3 Å². The molecule has 1 atom stereocenters. The molecular weight excluding hydrogens is 450 g/mol. The second-order valence-electron chi connectivity index (χ2n) is 9.63. The molecule has 4 aromatic rings. The van der Waals surface area contributed by atoms with Crippen molar-refractivity contribution in [2.24, 2.45) is 0 Å². The van der Waals surface area contributed by atoms with Crippen LogP contribution in [0, 0.1) is 0 Å². The van der Waals surface area contributed by atoms with Gasteiger partial charge in [-0.1, -0.05) is 55.5 Å². The molecule has 5 heteroatoms. The Kier molecular flexibility index (Phi) is 7.38. The van der Waals surface area contributed by atoms with E-state index in [1.807, 2.05) is 18.2 Å². The van der Waals surface area contributed by atoms with Gasteiger partial charge >= 0.3 is 5.97 Å². The minimum absolute atomic E-state index is 0.237. The van der Waals surface area contributed by atoms with E-state index in [1.165, 1.54) is 23.8 Å². The predicted octanol–water partition coefficient (Wildman–Crippen LogP) is 5.93. The normalized spacial score (nSPS) is 13.5. The smallest absolute Gasteiger partial charge is 0.309 e. The Hall–Kier alpha value is -3.57. The highest BCUT2D eigenvalue weighted by Crippen LogP contribution is 2.30. The molecule has 0 saturated heterocycles. The fraction of sp³-hybridized carbons (Fsp3) is 0.323. The number of methoxy groups -OCH3 is 1. The molecule has 0 aliphatic carbocycles. The summed E-state index contributed by atoms with van der Waals surface area (Å²) in [5.41, 5.74) is 5.83. The van der Waals surface area contributed by atoms with Gasteiger partial charge in [0.05, 0.1) is 20.1 Å². The average molecular weight is 484 g/mol. The number of hydrogen-bond donors (Lipinski definition) is 0. The molecule has 0 unspecified atom stereocenters. The van der Waals surface area contributed by atoms with Crippen LogP contribution in [0.15, 0.2) is 77.2 Å². The Bertz CT molecular complexity index is 1330. The molecule has 2 heterocycles. The van der Waals surface area contributed by atoms with Crippen molar-refractivity contribution in [2.75, 3.05) is 26.8 Å². The van der Waals surface area contributed by atoms with E-state index >= 15 is 0 Å². The topological polar surface area (TPSA) is 51.9 Å². The zero-order valence-corrected chi connectivity index (χ0v) is 21.0. The highest BCUT2D eigenvalue weighted by molar-refractivity contribution is 5.81. The largest absolute Gasteiger partial charge is 0.493 e. The quantitative estimate of drug-likeness (QED) is 0.262. The van der Waals surface area contributed by atoms with E-state index in [1.54, 1.807) is 0 Å². The molecule has 0 amide bonds. The second-order valence-corrected chi connectivity index (χ2v) is 9.63. The summed E-state index contributed by atoms with van der Waals surface area (Å²) in [7, 11) is 1.41. The van der Waals surface area contributed by atoms with Crippen LogP contribution in [0.1, 0.15) is 40.9 Å². The van der Waals surface area contributed by atoms with Gasteiger partial charge in [-0.2, -0.15) is 0 Å². The third-order valence-corrected chi connectivity index (χ3v) is 7.02. The van der Waals surface area contributed by atoms with Crippen LogP contribution < -0.4 is 4.74 Å². The van der Waals surface area contributed by atoms with Crippen molar-refractivity contribution in [3.63, 3.8) is 0 Å². The van der Waals surface area contributed by atoms with Gasteiger partial charge in [-0.05, 0) is 46.9 Å². The number of carbonyl (C=O) groups excluding carboxylic acids is 1. The number of fused-ring (bicyclic) bond motifs is 2. The lowest BCUT2D eigenvalue weighted by Gasteiger charge is -2.26. The van der Waals surface area contributed by atoms with Crippen LogP contribution in [0.5, 0.6) is 5.75 Å². The predicted molar refractivity (Wildman–Crippen MR) is 141 cm³/mol. The van der Waals surface area contributed by atoms with Crippen LogP contribution in [0.3, 0.4) is 0 Å². The number of nitrogens with zero attached hydrogens (tertiary/aromatic N) is 1. The standard InChI is InChI=1S/C31H33NO4/c1-22(24-7-4-3-5-8-24)20-32(21-25-9-6-10-30-28(25)14-16-35-30)15-13-27-19-26-17-23(18-31(33)34-2)11-12-29(26)36-27/h3-12,17,19,22H,13-16,18,20-21H2,1-2H3/t22-/m1/s1. The van der Waals surface area contributed by atoms with Crippen molar-refractivity contribution < 1.29 is 18.7 Å². The molecule has 1 aliphatic heterocycles. The minimum atomic E-state index is -0.237. The number of hydrogen-bond acceptors (Lipinski definition) is 5. The lowest BCUT2D eigenvalue weighted by Crippen LogP contribution is -2.30. The second kappa shape index (κ2) is 11.0. The molecule has 0 bridgehead atoms. The van der Waals surface area contributed by atoms with Gasteiger partial charge in [0.15, 0.2) is 0 Å².